The summed E-state index contributed by atoms with van der Waals surface area (Å²) in [4.78, 5) is 26.2. The second-order valence-corrected chi connectivity index (χ2v) is 6.76. The molecule has 0 aliphatic carbocycles. The quantitative estimate of drug-likeness (QED) is 0.833. The number of amides is 2. The Hall–Kier alpha value is -1.84. The molecule has 1 aliphatic heterocycles. The fraction of sp³-hybridized carbons (Fsp3) is 0.600. The van der Waals surface area contributed by atoms with E-state index in [-0.39, 0.29) is 11.8 Å². The number of nitrogens with zero attached hydrogens (tertiary/aromatic N) is 1. The monoisotopic (exact) mass is 330 g/mol. The number of hydrogen-bond donors (Lipinski definition) is 1. The number of benzene rings is 1. The molecule has 2 amide bonds. The molecule has 0 aromatic heterocycles. The van der Waals surface area contributed by atoms with Crippen LogP contribution in [-0.4, -0.2) is 36.3 Å². The van der Waals surface area contributed by atoms with Crippen LogP contribution in [0.3, 0.4) is 0 Å². The van der Waals surface area contributed by atoms with Gasteiger partial charge in [-0.15, -0.1) is 0 Å². The summed E-state index contributed by atoms with van der Waals surface area (Å²) in [6.07, 6.45) is 5.71. The van der Waals surface area contributed by atoms with Crippen LogP contribution in [0, 0.1) is 5.92 Å². The van der Waals surface area contributed by atoms with E-state index in [9.17, 15) is 9.59 Å². The first-order valence-electron chi connectivity index (χ1n) is 9.29. The summed E-state index contributed by atoms with van der Waals surface area (Å²) in [5, 5.41) is 3.00. The minimum absolute atomic E-state index is 0.114. The smallest absolute Gasteiger partial charge is 0.253 e. The molecule has 1 saturated heterocycles. The molecule has 0 spiro atoms. The van der Waals surface area contributed by atoms with Gasteiger partial charge in [-0.3, -0.25) is 9.59 Å². The minimum Gasteiger partial charge on any atom is -0.356 e. The summed E-state index contributed by atoms with van der Waals surface area (Å²) in [7, 11) is 0. The van der Waals surface area contributed by atoms with E-state index in [4.69, 9.17) is 0 Å². The van der Waals surface area contributed by atoms with Gasteiger partial charge in [0.15, 0.2) is 0 Å². The van der Waals surface area contributed by atoms with Crippen LogP contribution in [0.1, 0.15) is 61.9 Å². The van der Waals surface area contributed by atoms with Crippen molar-refractivity contribution >= 4 is 11.8 Å². The van der Waals surface area contributed by atoms with Gasteiger partial charge in [0.25, 0.3) is 5.91 Å². The third kappa shape index (κ3) is 5.36. The van der Waals surface area contributed by atoms with Crippen molar-refractivity contribution in [3.05, 3.63) is 35.4 Å². The average molecular weight is 330 g/mol. The summed E-state index contributed by atoms with van der Waals surface area (Å²) in [5.74, 6) is 0.595. The molecule has 1 aromatic carbocycles. The summed E-state index contributed by atoms with van der Waals surface area (Å²) < 4.78 is 0. The molecule has 24 heavy (non-hydrogen) atoms. The van der Waals surface area contributed by atoms with Gasteiger partial charge in [0.1, 0.15) is 0 Å². The van der Waals surface area contributed by atoms with E-state index in [1.807, 2.05) is 24.0 Å². The lowest BCUT2D eigenvalue weighted by Crippen LogP contribution is -2.43. The van der Waals surface area contributed by atoms with Crippen molar-refractivity contribution in [1.82, 2.24) is 10.2 Å². The molecule has 1 fully saturated rings. The van der Waals surface area contributed by atoms with E-state index in [2.05, 4.69) is 24.4 Å². The highest BCUT2D eigenvalue weighted by Gasteiger charge is 2.24. The topological polar surface area (TPSA) is 49.4 Å². The minimum atomic E-state index is 0.114. The molecule has 2 rings (SSSR count). The normalized spacial score (nSPS) is 17.6. The highest BCUT2D eigenvalue weighted by Crippen LogP contribution is 2.19. The Morgan fingerprint density at radius 2 is 1.92 bits per heavy atom. The summed E-state index contributed by atoms with van der Waals surface area (Å²) in [5.41, 5.74) is 2.05. The van der Waals surface area contributed by atoms with Crippen molar-refractivity contribution in [2.45, 2.75) is 52.4 Å². The maximum absolute atomic E-state index is 12.7. The van der Waals surface area contributed by atoms with E-state index >= 15 is 0 Å². The number of carbonyl (C=O) groups is 2. The van der Waals surface area contributed by atoms with Gasteiger partial charge in [-0.25, -0.2) is 0 Å². The fourth-order valence-electron chi connectivity index (χ4n) is 3.28. The number of hydrogen-bond acceptors (Lipinski definition) is 2. The van der Waals surface area contributed by atoms with Crippen molar-refractivity contribution in [3.63, 3.8) is 0 Å². The van der Waals surface area contributed by atoms with Crippen molar-refractivity contribution < 1.29 is 9.59 Å². The molecular weight excluding hydrogens is 300 g/mol. The molecule has 0 unspecified atom stereocenters. The van der Waals surface area contributed by atoms with Crippen LogP contribution in [0.2, 0.25) is 0 Å². The molecular formula is C20H30N2O2. The maximum Gasteiger partial charge on any atom is 0.253 e. The first-order valence-corrected chi connectivity index (χ1v) is 9.29. The Morgan fingerprint density at radius 1 is 1.17 bits per heavy atom. The second kappa shape index (κ2) is 9.45. The van der Waals surface area contributed by atoms with Gasteiger partial charge in [0.2, 0.25) is 5.91 Å². The molecule has 0 radical (unpaired) electrons. The zero-order valence-corrected chi connectivity index (χ0v) is 15.0. The number of carbonyl (C=O) groups excluding carboxylic acids is 2. The molecule has 132 valence electrons. The van der Waals surface area contributed by atoms with Crippen molar-refractivity contribution in [2.75, 3.05) is 19.6 Å². The van der Waals surface area contributed by atoms with Gasteiger partial charge in [0, 0.05) is 31.6 Å². The molecule has 0 saturated carbocycles. The lowest BCUT2D eigenvalue weighted by Gasteiger charge is -2.33. The molecule has 1 heterocycles. The molecule has 1 aliphatic rings. The first kappa shape index (κ1) is 18.5. The fourth-order valence-corrected chi connectivity index (χ4v) is 3.28. The molecule has 0 bridgehead atoms. The number of piperidine rings is 1. The van der Waals surface area contributed by atoms with E-state index in [1.54, 1.807) is 0 Å². The average Bonchev–Trinajstić information content (AvgIpc) is 2.61. The van der Waals surface area contributed by atoms with E-state index < -0.39 is 0 Å². The number of likely N-dealkylation sites (tertiary alicyclic amines) is 1. The van der Waals surface area contributed by atoms with E-state index in [0.29, 0.717) is 18.9 Å². The van der Waals surface area contributed by atoms with E-state index in [1.165, 1.54) is 5.56 Å². The van der Waals surface area contributed by atoms with Crippen LogP contribution < -0.4 is 5.32 Å². The zero-order valence-electron chi connectivity index (χ0n) is 15.0. The van der Waals surface area contributed by atoms with Gasteiger partial charge in [-0.05, 0) is 49.3 Å². The van der Waals surface area contributed by atoms with Gasteiger partial charge in [0.05, 0.1) is 0 Å². The van der Waals surface area contributed by atoms with Crippen molar-refractivity contribution in [3.8, 4) is 0 Å². The highest BCUT2D eigenvalue weighted by atomic mass is 16.2. The van der Waals surface area contributed by atoms with Crippen LogP contribution >= 0.6 is 0 Å². The highest BCUT2D eigenvalue weighted by molar-refractivity contribution is 5.94. The molecule has 4 nitrogen and oxygen atoms in total. The second-order valence-electron chi connectivity index (χ2n) is 6.76. The molecule has 4 heteroatoms. The Labute approximate surface area is 145 Å². The van der Waals surface area contributed by atoms with Crippen LogP contribution in [0.25, 0.3) is 0 Å². The Morgan fingerprint density at radius 3 is 2.58 bits per heavy atom. The third-order valence-corrected chi connectivity index (χ3v) is 4.61. The third-order valence-electron chi connectivity index (χ3n) is 4.61. The van der Waals surface area contributed by atoms with Crippen LogP contribution in [0.15, 0.2) is 24.3 Å². The number of rotatable bonds is 7. The largest absolute Gasteiger partial charge is 0.356 e. The van der Waals surface area contributed by atoms with Crippen LogP contribution in [0.5, 0.6) is 0 Å². The Kier molecular flexibility index (Phi) is 7.29. The Bertz CT molecular complexity index is 539. The first-order chi connectivity index (χ1) is 11.6. The van der Waals surface area contributed by atoms with Crippen molar-refractivity contribution in [2.24, 2.45) is 5.92 Å². The predicted molar refractivity (Wildman–Crippen MR) is 97.0 cm³/mol. The maximum atomic E-state index is 12.7. The SMILES string of the molecule is CCCC(=O)NC[C@@H]1CCCN(C(=O)c2ccc(CCC)cc2)C1. The predicted octanol–water partition coefficient (Wildman–Crippen LogP) is 3.41. The van der Waals surface area contributed by atoms with Gasteiger partial charge in [-0.1, -0.05) is 32.4 Å². The standard InChI is InChI=1S/C20H30N2O2/c1-3-6-16-9-11-18(12-10-16)20(24)22-13-5-8-17(15-22)14-21-19(23)7-4-2/h9-12,17H,3-8,13-15H2,1-2H3,(H,21,23)/t17-/m0/s1. The number of nitrogens with one attached hydrogen (secondary N) is 1. The van der Waals surface area contributed by atoms with E-state index in [0.717, 1.165) is 50.8 Å². The van der Waals surface area contributed by atoms with Gasteiger partial charge >= 0.3 is 0 Å². The number of aryl methyl sites for hydroxylation is 1. The van der Waals surface area contributed by atoms with Crippen LogP contribution in [-0.2, 0) is 11.2 Å². The van der Waals surface area contributed by atoms with Crippen LogP contribution in [0.4, 0.5) is 0 Å². The van der Waals surface area contributed by atoms with Gasteiger partial charge < -0.3 is 10.2 Å². The lowest BCUT2D eigenvalue weighted by molar-refractivity contribution is -0.121. The Balaban J connectivity index is 1.88. The molecule has 1 N–H and O–H groups in total. The summed E-state index contributed by atoms with van der Waals surface area (Å²) in [6.45, 7) is 6.40. The summed E-state index contributed by atoms with van der Waals surface area (Å²) >= 11 is 0. The zero-order chi connectivity index (χ0) is 17.4. The van der Waals surface area contributed by atoms with Gasteiger partial charge in [-0.2, -0.15) is 0 Å². The van der Waals surface area contributed by atoms with Crippen molar-refractivity contribution in [1.29, 1.82) is 0 Å². The molecule has 1 aromatic rings. The summed E-state index contributed by atoms with van der Waals surface area (Å²) in [6, 6.07) is 8.01. The molecule has 1 atom stereocenters. The lowest BCUT2D eigenvalue weighted by atomic mass is 9.97.